The lowest BCUT2D eigenvalue weighted by atomic mass is 10.2. The van der Waals surface area contributed by atoms with Crippen LogP contribution in [-0.2, 0) is 10.6 Å². The lowest BCUT2D eigenvalue weighted by molar-refractivity contribution is 0.183. The molecule has 0 heterocycles. The van der Waals surface area contributed by atoms with Gasteiger partial charge in [-0.2, -0.15) is 0 Å². The molecule has 0 aliphatic rings. The standard InChI is InChI=1S/C12H18ClNO/c1-10(9-15-3)14(2)12-6-4-11(8-13)5-7-12/h4-7,10H,8-9H2,1-3H3. The average molecular weight is 228 g/mol. The van der Waals surface area contributed by atoms with Crippen LogP contribution in [0.5, 0.6) is 0 Å². The van der Waals surface area contributed by atoms with E-state index in [4.69, 9.17) is 16.3 Å². The Balaban J connectivity index is 2.69. The number of nitrogens with zero attached hydrogens (tertiary/aromatic N) is 1. The van der Waals surface area contributed by atoms with Crippen LogP contribution < -0.4 is 4.90 Å². The minimum Gasteiger partial charge on any atom is -0.383 e. The summed E-state index contributed by atoms with van der Waals surface area (Å²) in [5, 5.41) is 0. The Kier molecular flexibility index (Phi) is 4.92. The third-order valence-electron chi connectivity index (χ3n) is 2.57. The van der Waals surface area contributed by atoms with E-state index in [9.17, 15) is 0 Å². The van der Waals surface area contributed by atoms with Crippen molar-refractivity contribution >= 4 is 17.3 Å². The topological polar surface area (TPSA) is 12.5 Å². The largest absolute Gasteiger partial charge is 0.383 e. The molecule has 1 aromatic rings. The van der Waals surface area contributed by atoms with Crippen LogP contribution in [0.1, 0.15) is 12.5 Å². The molecule has 1 aromatic carbocycles. The van der Waals surface area contributed by atoms with E-state index in [0.717, 1.165) is 12.2 Å². The molecule has 0 fully saturated rings. The molecule has 0 saturated carbocycles. The number of likely N-dealkylation sites (N-methyl/N-ethyl adjacent to an activating group) is 1. The fourth-order valence-electron chi connectivity index (χ4n) is 1.43. The van der Waals surface area contributed by atoms with E-state index in [1.54, 1.807) is 7.11 Å². The van der Waals surface area contributed by atoms with Gasteiger partial charge in [0.25, 0.3) is 0 Å². The van der Waals surface area contributed by atoms with Crippen molar-refractivity contribution in [3.05, 3.63) is 29.8 Å². The van der Waals surface area contributed by atoms with E-state index in [-0.39, 0.29) is 0 Å². The van der Waals surface area contributed by atoms with Crippen molar-refractivity contribution < 1.29 is 4.74 Å². The van der Waals surface area contributed by atoms with Gasteiger partial charge in [0.2, 0.25) is 0 Å². The van der Waals surface area contributed by atoms with Crippen molar-refractivity contribution in [3.8, 4) is 0 Å². The molecule has 1 atom stereocenters. The van der Waals surface area contributed by atoms with Crippen LogP contribution >= 0.6 is 11.6 Å². The SMILES string of the molecule is COCC(C)N(C)c1ccc(CCl)cc1. The molecule has 15 heavy (non-hydrogen) atoms. The Morgan fingerprint density at radius 3 is 2.40 bits per heavy atom. The number of halogens is 1. The second kappa shape index (κ2) is 5.99. The highest BCUT2D eigenvalue weighted by Crippen LogP contribution is 2.17. The van der Waals surface area contributed by atoms with Crippen LogP contribution in [0.25, 0.3) is 0 Å². The number of ether oxygens (including phenoxy) is 1. The normalized spacial score (nSPS) is 12.5. The fraction of sp³-hybridized carbons (Fsp3) is 0.500. The van der Waals surface area contributed by atoms with Gasteiger partial charge in [0.1, 0.15) is 0 Å². The maximum atomic E-state index is 5.74. The van der Waals surface area contributed by atoms with Gasteiger partial charge in [0, 0.05) is 31.8 Å². The summed E-state index contributed by atoms with van der Waals surface area (Å²) in [5.41, 5.74) is 2.33. The van der Waals surface area contributed by atoms with E-state index in [1.807, 2.05) is 0 Å². The summed E-state index contributed by atoms with van der Waals surface area (Å²) in [7, 11) is 3.79. The maximum Gasteiger partial charge on any atom is 0.0663 e. The molecule has 0 radical (unpaired) electrons. The highest BCUT2D eigenvalue weighted by atomic mass is 35.5. The lowest BCUT2D eigenvalue weighted by Gasteiger charge is -2.26. The minimum absolute atomic E-state index is 0.372. The molecule has 0 saturated heterocycles. The third-order valence-corrected chi connectivity index (χ3v) is 2.88. The Morgan fingerprint density at radius 1 is 1.33 bits per heavy atom. The van der Waals surface area contributed by atoms with E-state index < -0.39 is 0 Å². The number of methoxy groups -OCH3 is 1. The molecule has 0 N–H and O–H groups in total. The molecule has 0 aliphatic carbocycles. The van der Waals surface area contributed by atoms with Crippen LogP contribution in [0.3, 0.4) is 0 Å². The van der Waals surface area contributed by atoms with Gasteiger partial charge in [0.05, 0.1) is 6.61 Å². The summed E-state index contributed by atoms with van der Waals surface area (Å²) in [6.07, 6.45) is 0. The molecule has 0 aromatic heterocycles. The highest BCUT2D eigenvalue weighted by molar-refractivity contribution is 6.17. The smallest absolute Gasteiger partial charge is 0.0663 e. The quantitative estimate of drug-likeness (QED) is 0.718. The summed E-state index contributed by atoms with van der Waals surface area (Å²) in [6.45, 7) is 2.87. The van der Waals surface area contributed by atoms with E-state index >= 15 is 0 Å². The number of hydrogen-bond donors (Lipinski definition) is 0. The Hall–Kier alpha value is -0.730. The van der Waals surface area contributed by atoms with Crippen molar-refractivity contribution in [2.45, 2.75) is 18.8 Å². The number of benzene rings is 1. The van der Waals surface area contributed by atoms with Gasteiger partial charge in [-0.15, -0.1) is 11.6 Å². The van der Waals surface area contributed by atoms with E-state index in [2.05, 4.69) is 43.1 Å². The number of hydrogen-bond acceptors (Lipinski definition) is 2. The Labute approximate surface area is 96.8 Å². The summed E-state index contributed by atoms with van der Waals surface area (Å²) in [5.74, 6) is 0.567. The van der Waals surface area contributed by atoms with Crippen LogP contribution in [-0.4, -0.2) is 26.8 Å². The zero-order valence-corrected chi connectivity index (χ0v) is 10.3. The van der Waals surface area contributed by atoms with Crippen molar-refractivity contribution in [2.24, 2.45) is 0 Å². The predicted octanol–water partition coefficient (Wildman–Crippen LogP) is 2.90. The van der Waals surface area contributed by atoms with Gasteiger partial charge >= 0.3 is 0 Å². The predicted molar refractivity (Wildman–Crippen MR) is 65.7 cm³/mol. The molecule has 0 aliphatic heterocycles. The summed E-state index contributed by atoms with van der Waals surface area (Å²) in [6, 6.07) is 8.65. The molecule has 0 amide bonds. The maximum absolute atomic E-state index is 5.74. The van der Waals surface area contributed by atoms with Gasteiger partial charge in [-0.05, 0) is 24.6 Å². The second-order valence-corrected chi connectivity index (χ2v) is 3.98. The number of rotatable bonds is 5. The Bertz CT molecular complexity index is 286. The second-order valence-electron chi connectivity index (χ2n) is 3.72. The molecule has 84 valence electrons. The lowest BCUT2D eigenvalue weighted by Crippen LogP contribution is -2.32. The molecular weight excluding hydrogens is 210 g/mol. The third kappa shape index (κ3) is 3.40. The molecule has 0 spiro atoms. The van der Waals surface area contributed by atoms with E-state index in [0.29, 0.717) is 11.9 Å². The average Bonchev–Trinajstić information content (AvgIpc) is 2.28. The van der Waals surface area contributed by atoms with Gasteiger partial charge in [-0.3, -0.25) is 0 Å². The van der Waals surface area contributed by atoms with Crippen molar-refractivity contribution in [2.75, 3.05) is 25.7 Å². The first kappa shape index (κ1) is 12.3. The molecule has 1 unspecified atom stereocenters. The molecule has 2 nitrogen and oxygen atoms in total. The van der Waals surface area contributed by atoms with Crippen molar-refractivity contribution in [1.82, 2.24) is 0 Å². The van der Waals surface area contributed by atoms with Gasteiger partial charge in [-0.25, -0.2) is 0 Å². The molecule has 3 heteroatoms. The first-order valence-corrected chi connectivity index (χ1v) is 5.59. The zero-order valence-electron chi connectivity index (χ0n) is 9.53. The summed E-state index contributed by atoms with van der Waals surface area (Å²) in [4.78, 5) is 2.20. The van der Waals surface area contributed by atoms with Crippen molar-refractivity contribution in [1.29, 1.82) is 0 Å². The molecule has 1 rings (SSSR count). The van der Waals surface area contributed by atoms with Gasteiger partial charge in [-0.1, -0.05) is 12.1 Å². The first-order chi connectivity index (χ1) is 7.19. The Morgan fingerprint density at radius 2 is 1.93 bits per heavy atom. The summed E-state index contributed by atoms with van der Waals surface area (Å²) >= 11 is 5.74. The highest BCUT2D eigenvalue weighted by Gasteiger charge is 2.08. The van der Waals surface area contributed by atoms with Crippen LogP contribution in [0.4, 0.5) is 5.69 Å². The van der Waals surface area contributed by atoms with Crippen LogP contribution in [0, 0.1) is 0 Å². The monoisotopic (exact) mass is 227 g/mol. The van der Waals surface area contributed by atoms with Gasteiger partial charge < -0.3 is 9.64 Å². The summed E-state index contributed by atoms with van der Waals surface area (Å²) < 4.78 is 5.13. The zero-order chi connectivity index (χ0) is 11.3. The van der Waals surface area contributed by atoms with Gasteiger partial charge in [0.15, 0.2) is 0 Å². The molecular formula is C12H18ClNO. The molecule has 0 bridgehead atoms. The minimum atomic E-state index is 0.372. The number of alkyl halides is 1. The van der Waals surface area contributed by atoms with Crippen molar-refractivity contribution in [3.63, 3.8) is 0 Å². The number of anilines is 1. The first-order valence-electron chi connectivity index (χ1n) is 5.05. The van der Waals surface area contributed by atoms with Crippen LogP contribution in [0.15, 0.2) is 24.3 Å². The fourth-order valence-corrected chi connectivity index (χ4v) is 1.61. The van der Waals surface area contributed by atoms with E-state index in [1.165, 1.54) is 5.69 Å². The van der Waals surface area contributed by atoms with Crippen LogP contribution in [0.2, 0.25) is 0 Å².